The molecule has 0 aliphatic heterocycles. The van der Waals surface area contributed by atoms with Crippen molar-refractivity contribution in [2.24, 2.45) is 5.73 Å². The zero-order valence-electron chi connectivity index (χ0n) is 13.7. The number of rotatable bonds is 5. The van der Waals surface area contributed by atoms with Crippen molar-refractivity contribution in [2.45, 2.75) is 39.0 Å². The smallest absolute Gasteiger partial charge is 0.213 e. The summed E-state index contributed by atoms with van der Waals surface area (Å²) < 4.78 is 5.55. The maximum Gasteiger partial charge on any atom is 0.213 e. The summed E-state index contributed by atoms with van der Waals surface area (Å²) in [5.41, 5.74) is 8.38. The third-order valence-electron chi connectivity index (χ3n) is 3.47. The summed E-state index contributed by atoms with van der Waals surface area (Å²) >= 11 is 11.9. The van der Waals surface area contributed by atoms with E-state index in [1.807, 2.05) is 20.8 Å². The summed E-state index contributed by atoms with van der Waals surface area (Å²) in [4.78, 5) is 4.22. The molecular weight excluding hydrogens is 371 g/mol. The quantitative estimate of drug-likeness (QED) is 0.779. The average Bonchev–Trinajstić information content (AvgIpc) is 2.48. The first-order chi connectivity index (χ1) is 10.8. The van der Waals surface area contributed by atoms with E-state index >= 15 is 0 Å². The molecule has 1 aromatic heterocycles. The van der Waals surface area contributed by atoms with Crippen LogP contribution < -0.4 is 10.5 Å². The van der Waals surface area contributed by atoms with Gasteiger partial charge in [-0.15, -0.1) is 12.4 Å². The van der Waals surface area contributed by atoms with Gasteiger partial charge in [-0.05, 0) is 44.0 Å². The van der Waals surface area contributed by atoms with E-state index in [4.69, 9.17) is 33.7 Å². The fourth-order valence-corrected chi connectivity index (χ4v) is 2.56. The van der Waals surface area contributed by atoms with Gasteiger partial charge in [-0.3, -0.25) is 0 Å². The number of pyridine rings is 1. The largest absolute Gasteiger partial charge is 0.475 e. The van der Waals surface area contributed by atoms with Crippen molar-refractivity contribution in [3.63, 3.8) is 0 Å². The molecule has 7 heteroatoms. The summed E-state index contributed by atoms with van der Waals surface area (Å²) in [6.07, 6.45) is 0.721. The number of hydrogen-bond donors (Lipinski definition) is 2. The minimum absolute atomic E-state index is 0. The number of aromatic nitrogens is 1. The molecule has 0 fully saturated rings. The van der Waals surface area contributed by atoms with Crippen molar-refractivity contribution < 1.29 is 9.84 Å². The molecule has 132 valence electrons. The Morgan fingerprint density at radius 2 is 1.83 bits per heavy atom. The second-order valence-electron chi connectivity index (χ2n) is 5.69. The van der Waals surface area contributed by atoms with Gasteiger partial charge < -0.3 is 15.6 Å². The van der Waals surface area contributed by atoms with Crippen molar-refractivity contribution in [1.82, 2.24) is 4.98 Å². The highest BCUT2D eigenvalue weighted by Gasteiger charge is 2.22. The van der Waals surface area contributed by atoms with E-state index < -0.39 is 12.1 Å². The summed E-state index contributed by atoms with van der Waals surface area (Å²) in [6.45, 7) is 5.74. The van der Waals surface area contributed by atoms with Gasteiger partial charge in [0, 0.05) is 17.8 Å². The molecule has 0 saturated carbocycles. The first-order valence-electron chi connectivity index (χ1n) is 7.31. The van der Waals surface area contributed by atoms with E-state index in [1.165, 1.54) is 0 Å². The number of benzene rings is 1. The van der Waals surface area contributed by atoms with Crippen LogP contribution in [0.2, 0.25) is 10.0 Å². The molecular formula is C17H21Cl3N2O2. The van der Waals surface area contributed by atoms with Crippen molar-refractivity contribution in [3.8, 4) is 5.88 Å². The van der Waals surface area contributed by atoms with Gasteiger partial charge in [0.25, 0.3) is 0 Å². The van der Waals surface area contributed by atoms with Crippen LogP contribution in [0.5, 0.6) is 5.88 Å². The lowest BCUT2D eigenvalue weighted by Crippen LogP contribution is -2.20. The molecule has 0 bridgehead atoms. The molecule has 2 aromatic rings. The van der Waals surface area contributed by atoms with Crippen LogP contribution in [0.15, 0.2) is 30.5 Å². The summed E-state index contributed by atoms with van der Waals surface area (Å²) in [7, 11) is 0. The number of aliphatic hydroxyl groups excluding tert-OH is 1. The lowest BCUT2D eigenvalue weighted by atomic mass is 9.95. The monoisotopic (exact) mass is 390 g/mol. The van der Waals surface area contributed by atoms with E-state index in [1.54, 1.807) is 30.5 Å². The summed E-state index contributed by atoms with van der Waals surface area (Å²) in [6, 6.07) is 6.23. The molecule has 1 heterocycles. The Balaban J connectivity index is 0.00000288. The molecule has 4 nitrogen and oxygen atoms in total. The Kier molecular flexibility index (Phi) is 7.77. The Morgan fingerprint density at radius 1 is 1.17 bits per heavy atom. The van der Waals surface area contributed by atoms with E-state index in [0.29, 0.717) is 27.1 Å². The molecule has 0 spiro atoms. The average molecular weight is 392 g/mol. The first-order valence-corrected chi connectivity index (χ1v) is 8.07. The van der Waals surface area contributed by atoms with Gasteiger partial charge in [-0.1, -0.05) is 29.3 Å². The second-order valence-corrected chi connectivity index (χ2v) is 6.50. The number of hydrogen-bond acceptors (Lipinski definition) is 4. The van der Waals surface area contributed by atoms with Gasteiger partial charge in [0.05, 0.1) is 28.3 Å². The van der Waals surface area contributed by atoms with Gasteiger partial charge >= 0.3 is 0 Å². The minimum Gasteiger partial charge on any atom is -0.475 e. The molecule has 0 unspecified atom stereocenters. The second kappa shape index (κ2) is 8.88. The molecule has 1 aromatic carbocycles. The van der Waals surface area contributed by atoms with Crippen LogP contribution in [0.1, 0.15) is 42.7 Å². The molecule has 0 amide bonds. The van der Waals surface area contributed by atoms with E-state index in [9.17, 15) is 5.11 Å². The number of nitrogens with two attached hydrogens (primary N) is 1. The maximum atomic E-state index is 10.6. The number of nitrogens with zero attached hydrogens (tertiary/aromatic N) is 1. The highest BCUT2D eigenvalue weighted by molar-refractivity contribution is 6.42. The normalized spacial score (nSPS) is 13.3. The van der Waals surface area contributed by atoms with Crippen LogP contribution in [0.25, 0.3) is 0 Å². The van der Waals surface area contributed by atoms with Gasteiger partial charge in [0.15, 0.2) is 0 Å². The van der Waals surface area contributed by atoms with Crippen LogP contribution in [-0.2, 0) is 0 Å². The van der Waals surface area contributed by atoms with Gasteiger partial charge in [0.1, 0.15) is 0 Å². The molecule has 0 aliphatic rings. The highest BCUT2D eigenvalue weighted by atomic mass is 35.5. The third-order valence-corrected chi connectivity index (χ3v) is 4.21. The van der Waals surface area contributed by atoms with Crippen LogP contribution >= 0.6 is 35.6 Å². The van der Waals surface area contributed by atoms with Crippen molar-refractivity contribution in [2.75, 3.05) is 0 Å². The van der Waals surface area contributed by atoms with Crippen LogP contribution in [0, 0.1) is 6.92 Å². The highest BCUT2D eigenvalue weighted by Crippen LogP contribution is 2.32. The SMILES string of the molecule is Cc1cc(OC(C)C)ncc1[C@@H](O)[C@@H](N)c1ccc(Cl)c(Cl)c1.Cl. The number of aryl methyl sites for hydroxylation is 1. The van der Waals surface area contributed by atoms with Crippen LogP contribution in [0.3, 0.4) is 0 Å². The topological polar surface area (TPSA) is 68.4 Å². The van der Waals surface area contributed by atoms with Gasteiger partial charge in [-0.25, -0.2) is 4.98 Å². The lowest BCUT2D eigenvalue weighted by Gasteiger charge is -2.22. The standard InChI is InChI=1S/C17H20Cl2N2O2.ClH/c1-9(2)23-15-6-10(3)12(8-21-15)17(22)16(20)11-4-5-13(18)14(19)7-11;/h4-9,16-17,22H,20H2,1-3H3;1H/t16-,17+;/m0./s1. The first kappa shape index (κ1) is 21.0. The fourth-order valence-electron chi connectivity index (χ4n) is 2.25. The van der Waals surface area contributed by atoms with Crippen molar-refractivity contribution >= 4 is 35.6 Å². The van der Waals surface area contributed by atoms with Crippen molar-refractivity contribution in [1.29, 1.82) is 0 Å². The molecule has 2 rings (SSSR count). The molecule has 3 N–H and O–H groups in total. The Morgan fingerprint density at radius 3 is 2.38 bits per heavy atom. The van der Waals surface area contributed by atoms with Crippen LogP contribution in [0.4, 0.5) is 0 Å². The Labute approximate surface area is 158 Å². The number of ether oxygens (including phenoxy) is 1. The number of aliphatic hydroxyl groups is 1. The maximum absolute atomic E-state index is 10.6. The molecule has 0 radical (unpaired) electrons. The number of halogens is 3. The predicted molar refractivity (Wildman–Crippen MR) is 100 cm³/mol. The third kappa shape index (κ3) is 4.98. The minimum atomic E-state index is -0.909. The summed E-state index contributed by atoms with van der Waals surface area (Å²) in [5, 5.41) is 11.4. The molecule has 2 atom stereocenters. The predicted octanol–water partition coefficient (Wildman–Crippen LogP) is 4.64. The van der Waals surface area contributed by atoms with Crippen molar-refractivity contribution in [3.05, 3.63) is 57.2 Å². The molecule has 24 heavy (non-hydrogen) atoms. The Hall–Kier alpha value is -1.04. The zero-order valence-corrected chi connectivity index (χ0v) is 16.0. The molecule has 0 saturated heterocycles. The molecule has 0 aliphatic carbocycles. The zero-order chi connectivity index (χ0) is 17.1. The van der Waals surface area contributed by atoms with E-state index in [2.05, 4.69) is 4.98 Å². The van der Waals surface area contributed by atoms with Crippen LogP contribution in [-0.4, -0.2) is 16.2 Å². The van der Waals surface area contributed by atoms with E-state index in [-0.39, 0.29) is 18.5 Å². The fraction of sp³-hybridized carbons (Fsp3) is 0.353. The summed E-state index contributed by atoms with van der Waals surface area (Å²) in [5.74, 6) is 0.525. The van der Waals surface area contributed by atoms with E-state index in [0.717, 1.165) is 5.56 Å². The Bertz CT molecular complexity index is 696. The lowest BCUT2D eigenvalue weighted by molar-refractivity contribution is 0.145. The van der Waals surface area contributed by atoms with Gasteiger partial charge in [0.2, 0.25) is 5.88 Å². The van der Waals surface area contributed by atoms with Gasteiger partial charge in [-0.2, -0.15) is 0 Å².